The van der Waals surface area contributed by atoms with Gasteiger partial charge < -0.3 is 9.88 Å². The molecule has 0 amide bonds. The van der Waals surface area contributed by atoms with Crippen molar-refractivity contribution in [1.29, 1.82) is 0 Å². The summed E-state index contributed by atoms with van der Waals surface area (Å²) < 4.78 is 1.96. The van der Waals surface area contributed by atoms with Crippen molar-refractivity contribution in [1.82, 2.24) is 0 Å². The van der Waals surface area contributed by atoms with Crippen LogP contribution < -0.4 is 9.88 Å². The maximum atomic E-state index is 4.25. The molecule has 1 N–H and O–H groups in total. The monoisotopic (exact) mass is 392 g/mol. The average Bonchev–Trinajstić information content (AvgIpc) is 2.75. The van der Waals surface area contributed by atoms with Crippen LogP contribution in [0.25, 0.3) is 11.1 Å². The second-order valence-corrected chi connectivity index (χ2v) is 7.90. The molecular formula is C28H28N2. The SMILES string of the molecule is [CH2-][n+]1ccccc1C(Nc1c(C)cc(C)cc1C)c1ccccc1-c1ccccc1. The zero-order chi connectivity index (χ0) is 21.1. The third-order valence-electron chi connectivity index (χ3n) is 5.59. The third-order valence-corrected chi connectivity index (χ3v) is 5.59. The fraction of sp³-hybridized carbons (Fsp3) is 0.143. The maximum Gasteiger partial charge on any atom is 0.108 e. The Morgan fingerprint density at radius 2 is 1.40 bits per heavy atom. The topological polar surface area (TPSA) is 15.9 Å². The average molecular weight is 393 g/mol. The molecule has 0 saturated carbocycles. The number of aryl methyl sites for hydroxylation is 3. The Labute approximate surface area is 179 Å². The van der Waals surface area contributed by atoms with Crippen LogP contribution in [0.5, 0.6) is 0 Å². The number of nitrogens with one attached hydrogen (secondary N) is 1. The van der Waals surface area contributed by atoms with Gasteiger partial charge in [-0.25, -0.2) is 0 Å². The predicted molar refractivity (Wildman–Crippen MR) is 125 cm³/mol. The number of pyridine rings is 1. The minimum absolute atomic E-state index is 0.0415. The first-order valence-corrected chi connectivity index (χ1v) is 10.3. The molecule has 0 radical (unpaired) electrons. The van der Waals surface area contributed by atoms with Crippen LogP contribution in [-0.4, -0.2) is 0 Å². The molecule has 0 aliphatic rings. The molecule has 1 atom stereocenters. The fourth-order valence-electron chi connectivity index (χ4n) is 4.24. The van der Waals surface area contributed by atoms with Gasteiger partial charge in [0.25, 0.3) is 0 Å². The summed E-state index contributed by atoms with van der Waals surface area (Å²) in [5, 5.41) is 3.87. The van der Waals surface area contributed by atoms with Crippen LogP contribution in [-0.2, 0) is 0 Å². The first kappa shape index (κ1) is 19.8. The van der Waals surface area contributed by atoms with Gasteiger partial charge in [0.1, 0.15) is 5.69 Å². The van der Waals surface area contributed by atoms with Gasteiger partial charge in [-0.2, -0.15) is 0 Å². The number of rotatable bonds is 5. The molecule has 0 aliphatic carbocycles. The van der Waals surface area contributed by atoms with Gasteiger partial charge in [0.15, 0.2) is 0 Å². The van der Waals surface area contributed by atoms with E-state index in [2.05, 4.69) is 112 Å². The van der Waals surface area contributed by atoms with Crippen molar-refractivity contribution in [3.8, 4) is 11.1 Å². The van der Waals surface area contributed by atoms with Crippen LogP contribution in [0.3, 0.4) is 0 Å². The van der Waals surface area contributed by atoms with Crippen LogP contribution in [0.1, 0.15) is 34.0 Å². The van der Waals surface area contributed by atoms with E-state index < -0.39 is 0 Å². The van der Waals surface area contributed by atoms with E-state index in [9.17, 15) is 0 Å². The Kier molecular flexibility index (Phi) is 5.58. The van der Waals surface area contributed by atoms with Gasteiger partial charge in [-0.3, -0.25) is 0 Å². The molecule has 1 heterocycles. The highest BCUT2D eigenvalue weighted by atomic mass is 15.0. The number of hydrogen-bond acceptors (Lipinski definition) is 1. The number of aromatic nitrogens is 1. The van der Waals surface area contributed by atoms with Crippen LogP contribution >= 0.6 is 0 Å². The molecule has 0 spiro atoms. The largest absolute Gasteiger partial charge is 0.379 e. The lowest BCUT2D eigenvalue weighted by Gasteiger charge is -2.27. The molecule has 1 unspecified atom stereocenters. The van der Waals surface area contributed by atoms with Gasteiger partial charge >= 0.3 is 0 Å². The second kappa shape index (κ2) is 8.46. The molecule has 4 aromatic rings. The molecule has 2 heteroatoms. The predicted octanol–water partition coefficient (Wildman–Crippen LogP) is 6.41. The standard InChI is InChI=1S/C28H28N2/c1-20-18-21(2)27(22(3)19-20)29-28(26-16-10-11-17-30(26)4)25-15-9-8-14-24(25)23-12-6-5-7-13-23/h5-19,28-29H,4H2,1-3H3. The van der Waals surface area contributed by atoms with Crippen molar-refractivity contribution in [3.05, 3.63) is 126 Å². The van der Waals surface area contributed by atoms with Crippen LogP contribution in [0.2, 0.25) is 0 Å². The van der Waals surface area contributed by atoms with Crippen molar-refractivity contribution < 1.29 is 4.57 Å². The summed E-state index contributed by atoms with van der Waals surface area (Å²) in [6.45, 7) is 6.49. The first-order valence-electron chi connectivity index (χ1n) is 10.3. The van der Waals surface area contributed by atoms with Gasteiger partial charge in [0, 0.05) is 12.7 Å². The van der Waals surface area contributed by atoms with Gasteiger partial charge in [-0.15, -0.1) is 0 Å². The van der Waals surface area contributed by atoms with Crippen LogP contribution in [0.4, 0.5) is 5.69 Å². The zero-order valence-electron chi connectivity index (χ0n) is 17.9. The lowest BCUT2D eigenvalue weighted by molar-refractivity contribution is -0.621. The van der Waals surface area contributed by atoms with Gasteiger partial charge in [-0.05, 0) is 48.6 Å². The smallest absolute Gasteiger partial charge is 0.108 e. The van der Waals surface area contributed by atoms with Gasteiger partial charge in [0.05, 0.1) is 12.2 Å². The van der Waals surface area contributed by atoms with E-state index in [0.29, 0.717) is 0 Å². The molecule has 1 aromatic heterocycles. The number of anilines is 1. The van der Waals surface area contributed by atoms with Gasteiger partial charge in [0.2, 0.25) is 0 Å². The Hall–Kier alpha value is -3.52. The lowest BCUT2D eigenvalue weighted by atomic mass is 9.92. The van der Waals surface area contributed by atoms with Crippen molar-refractivity contribution in [3.63, 3.8) is 0 Å². The van der Waals surface area contributed by atoms with E-state index >= 15 is 0 Å². The molecule has 150 valence electrons. The van der Waals surface area contributed by atoms with Gasteiger partial charge in [-0.1, -0.05) is 90.5 Å². The number of hydrogen-bond donors (Lipinski definition) is 1. The van der Waals surface area contributed by atoms with Crippen molar-refractivity contribution >= 4 is 5.69 Å². The Bertz CT molecular complexity index is 1140. The highest BCUT2D eigenvalue weighted by Gasteiger charge is 2.22. The quantitative estimate of drug-likeness (QED) is 0.307. The summed E-state index contributed by atoms with van der Waals surface area (Å²) in [5.74, 6) is 0. The van der Waals surface area contributed by atoms with Crippen molar-refractivity contribution in [2.24, 2.45) is 0 Å². The molecular weight excluding hydrogens is 364 g/mol. The summed E-state index contributed by atoms with van der Waals surface area (Å²) in [4.78, 5) is 0. The minimum atomic E-state index is -0.0415. The first-order chi connectivity index (χ1) is 14.5. The fourth-order valence-corrected chi connectivity index (χ4v) is 4.24. The minimum Gasteiger partial charge on any atom is -0.379 e. The summed E-state index contributed by atoms with van der Waals surface area (Å²) >= 11 is 0. The summed E-state index contributed by atoms with van der Waals surface area (Å²) in [5.41, 5.74) is 9.74. The Morgan fingerprint density at radius 3 is 2.10 bits per heavy atom. The molecule has 2 nitrogen and oxygen atoms in total. The number of benzene rings is 3. The molecule has 0 bridgehead atoms. The molecule has 4 rings (SSSR count). The van der Waals surface area contributed by atoms with Crippen molar-refractivity contribution in [2.45, 2.75) is 26.8 Å². The molecule has 3 aromatic carbocycles. The highest BCUT2D eigenvalue weighted by Crippen LogP contribution is 2.35. The maximum absolute atomic E-state index is 4.25. The molecule has 0 fully saturated rings. The normalized spacial score (nSPS) is 11.8. The zero-order valence-corrected chi connectivity index (χ0v) is 17.9. The highest BCUT2D eigenvalue weighted by molar-refractivity contribution is 5.70. The summed E-state index contributed by atoms with van der Waals surface area (Å²) in [6, 6.07) is 29.9. The van der Waals surface area contributed by atoms with E-state index in [-0.39, 0.29) is 6.04 Å². The summed E-state index contributed by atoms with van der Waals surface area (Å²) in [7, 11) is 4.25. The van der Waals surface area contributed by atoms with Crippen LogP contribution in [0, 0.1) is 27.8 Å². The Morgan fingerprint density at radius 1 is 0.767 bits per heavy atom. The van der Waals surface area contributed by atoms with E-state index in [1.807, 2.05) is 16.8 Å². The summed E-state index contributed by atoms with van der Waals surface area (Å²) in [6.07, 6.45) is 2.00. The lowest BCUT2D eigenvalue weighted by Crippen LogP contribution is -2.35. The van der Waals surface area contributed by atoms with E-state index in [0.717, 1.165) is 5.69 Å². The Balaban J connectivity index is 1.90. The molecule has 30 heavy (non-hydrogen) atoms. The van der Waals surface area contributed by atoms with Crippen molar-refractivity contribution in [2.75, 3.05) is 5.32 Å². The molecule has 0 aliphatic heterocycles. The second-order valence-electron chi connectivity index (χ2n) is 7.90. The molecule has 0 saturated heterocycles. The number of nitrogens with zero attached hydrogens (tertiary/aromatic N) is 1. The van der Waals surface area contributed by atoms with Crippen LogP contribution in [0.15, 0.2) is 91.1 Å². The van der Waals surface area contributed by atoms with E-state index in [1.54, 1.807) is 0 Å². The van der Waals surface area contributed by atoms with E-state index in [1.165, 1.54) is 39.1 Å². The third kappa shape index (κ3) is 3.95. The van der Waals surface area contributed by atoms with E-state index in [4.69, 9.17) is 0 Å².